The van der Waals surface area contributed by atoms with Gasteiger partial charge in [-0.1, -0.05) is 25.1 Å². The van der Waals surface area contributed by atoms with E-state index >= 15 is 0 Å². The maximum absolute atomic E-state index is 12.9. The van der Waals surface area contributed by atoms with Crippen LogP contribution in [0, 0.1) is 5.41 Å². The number of fused-ring (bicyclic) bond motifs is 4. The zero-order chi connectivity index (χ0) is 17.0. The van der Waals surface area contributed by atoms with Crippen LogP contribution in [0.5, 0.6) is 5.75 Å². The molecule has 0 spiro atoms. The zero-order valence-corrected chi connectivity index (χ0v) is 14.0. The Bertz CT molecular complexity index is 994. The van der Waals surface area contributed by atoms with E-state index in [2.05, 4.69) is 6.92 Å². The molecule has 1 fully saturated rings. The first-order chi connectivity index (χ1) is 12.1. The standard InChI is InChI=1S/C21H18O4/c1-21(10-23-11-21)12-24-14-6-7-15-13(8-14)9-18-19(20(15)22)16-4-2-3-5-17(16)25-18/h2-8H,9-12H2,1H3. The number of para-hydroxylation sites is 1. The number of hydrogen-bond donors (Lipinski definition) is 0. The average molecular weight is 334 g/mol. The summed E-state index contributed by atoms with van der Waals surface area (Å²) in [6.07, 6.45) is 0.614. The highest BCUT2D eigenvalue weighted by atomic mass is 16.5. The van der Waals surface area contributed by atoms with Crippen LogP contribution in [0.15, 0.2) is 46.9 Å². The van der Waals surface area contributed by atoms with Crippen LogP contribution >= 0.6 is 0 Å². The van der Waals surface area contributed by atoms with Crippen molar-refractivity contribution >= 4 is 16.8 Å². The van der Waals surface area contributed by atoms with Crippen molar-refractivity contribution in [2.45, 2.75) is 13.3 Å². The molecule has 5 rings (SSSR count). The average Bonchev–Trinajstić information content (AvgIpc) is 2.96. The van der Waals surface area contributed by atoms with Gasteiger partial charge in [0, 0.05) is 22.8 Å². The van der Waals surface area contributed by atoms with Crippen molar-refractivity contribution in [3.05, 3.63) is 64.9 Å². The van der Waals surface area contributed by atoms with Gasteiger partial charge in [0.15, 0.2) is 5.78 Å². The molecule has 2 heterocycles. The summed E-state index contributed by atoms with van der Waals surface area (Å²) in [5.74, 6) is 1.57. The SMILES string of the molecule is CC1(COc2ccc3c(c2)Cc2oc4ccccc4c2C3=O)COC1. The molecule has 1 aromatic heterocycles. The molecule has 0 amide bonds. The predicted molar refractivity (Wildman–Crippen MR) is 93.3 cm³/mol. The molecule has 0 radical (unpaired) electrons. The second-order valence-corrected chi connectivity index (χ2v) is 7.31. The molecule has 2 aromatic carbocycles. The lowest BCUT2D eigenvalue weighted by Gasteiger charge is -2.37. The Labute approximate surface area is 145 Å². The molecule has 0 N–H and O–H groups in total. The number of furan rings is 1. The molecule has 1 saturated heterocycles. The molecule has 3 aromatic rings. The smallest absolute Gasteiger partial charge is 0.197 e. The van der Waals surface area contributed by atoms with Crippen molar-refractivity contribution in [3.63, 3.8) is 0 Å². The zero-order valence-electron chi connectivity index (χ0n) is 14.0. The molecule has 126 valence electrons. The quantitative estimate of drug-likeness (QED) is 0.568. The Hall–Kier alpha value is -2.59. The fraction of sp³-hybridized carbons (Fsp3) is 0.286. The van der Waals surface area contributed by atoms with Gasteiger partial charge < -0.3 is 13.9 Å². The molecular weight excluding hydrogens is 316 g/mol. The van der Waals surface area contributed by atoms with Crippen LogP contribution < -0.4 is 4.74 Å². The van der Waals surface area contributed by atoms with Crippen molar-refractivity contribution in [3.8, 4) is 5.75 Å². The largest absolute Gasteiger partial charge is 0.493 e. The molecule has 1 aliphatic carbocycles. The third kappa shape index (κ3) is 2.29. The molecule has 2 aliphatic rings. The first kappa shape index (κ1) is 14.7. The second-order valence-electron chi connectivity index (χ2n) is 7.31. The highest BCUT2D eigenvalue weighted by molar-refractivity contribution is 6.18. The Balaban J connectivity index is 1.48. The summed E-state index contributed by atoms with van der Waals surface area (Å²) in [7, 11) is 0. The van der Waals surface area contributed by atoms with Gasteiger partial charge in [0.2, 0.25) is 0 Å². The molecule has 0 unspecified atom stereocenters. The van der Waals surface area contributed by atoms with Gasteiger partial charge in [0.25, 0.3) is 0 Å². The maximum atomic E-state index is 12.9. The van der Waals surface area contributed by atoms with Gasteiger partial charge >= 0.3 is 0 Å². The van der Waals surface area contributed by atoms with Crippen LogP contribution in [-0.4, -0.2) is 25.6 Å². The molecule has 4 nitrogen and oxygen atoms in total. The summed E-state index contributed by atoms with van der Waals surface area (Å²) >= 11 is 0. The number of benzene rings is 2. The minimum absolute atomic E-state index is 0.0344. The number of hydrogen-bond acceptors (Lipinski definition) is 4. The Morgan fingerprint density at radius 3 is 2.80 bits per heavy atom. The van der Waals surface area contributed by atoms with E-state index in [0.717, 1.165) is 46.8 Å². The third-order valence-corrected chi connectivity index (χ3v) is 5.06. The van der Waals surface area contributed by atoms with Gasteiger partial charge in [0.1, 0.15) is 17.1 Å². The summed E-state index contributed by atoms with van der Waals surface area (Å²) in [5.41, 5.74) is 3.27. The van der Waals surface area contributed by atoms with Crippen LogP contribution in [0.1, 0.15) is 34.2 Å². The van der Waals surface area contributed by atoms with E-state index in [0.29, 0.717) is 18.6 Å². The van der Waals surface area contributed by atoms with E-state index in [1.54, 1.807) is 0 Å². The topological polar surface area (TPSA) is 48.7 Å². The molecule has 25 heavy (non-hydrogen) atoms. The summed E-state index contributed by atoms with van der Waals surface area (Å²) < 4.78 is 17.1. The van der Waals surface area contributed by atoms with Gasteiger partial charge in [-0.25, -0.2) is 0 Å². The van der Waals surface area contributed by atoms with Crippen LogP contribution in [0.4, 0.5) is 0 Å². The highest BCUT2D eigenvalue weighted by Gasteiger charge is 2.34. The fourth-order valence-corrected chi connectivity index (χ4v) is 3.60. The first-order valence-electron chi connectivity index (χ1n) is 8.52. The number of carbonyl (C=O) groups is 1. The molecule has 0 saturated carbocycles. The van der Waals surface area contributed by atoms with Crippen molar-refractivity contribution in [1.82, 2.24) is 0 Å². The van der Waals surface area contributed by atoms with Crippen LogP contribution in [0.25, 0.3) is 11.0 Å². The van der Waals surface area contributed by atoms with Crippen molar-refractivity contribution in [2.75, 3.05) is 19.8 Å². The lowest BCUT2D eigenvalue weighted by Crippen LogP contribution is -2.44. The molecular formula is C21H18O4. The monoisotopic (exact) mass is 334 g/mol. The summed E-state index contributed by atoms with van der Waals surface area (Å²) in [6, 6.07) is 13.4. The van der Waals surface area contributed by atoms with E-state index in [9.17, 15) is 4.79 Å². The predicted octanol–water partition coefficient (Wildman–Crippen LogP) is 3.98. The number of ether oxygens (including phenoxy) is 2. The third-order valence-electron chi connectivity index (χ3n) is 5.06. The highest BCUT2D eigenvalue weighted by Crippen LogP contribution is 2.36. The van der Waals surface area contributed by atoms with E-state index in [-0.39, 0.29) is 11.2 Å². The van der Waals surface area contributed by atoms with Crippen molar-refractivity contribution in [2.24, 2.45) is 5.41 Å². The van der Waals surface area contributed by atoms with E-state index in [4.69, 9.17) is 13.9 Å². The van der Waals surface area contributed by atoms with Gasteiger partial charge in [-0.2, -0.15) is 0 Å². The van der Waals surface area contributed by atoms with E-state index in [1.807, 2.05) is 42.5 Å². The van der Waals surface area contributed by atoms with Crippen LogP contribution in [-0.2, 0) is 11.2 Å². The van der Waals surface area contributed by atoms with Gasteiger partial charge in [0.05, 0.1) is 25.4 Å². The lowest BCUT2D eigenvalue weighted by atomic mass is 9.87. The lowest BCUT2D eigenvalue weighted by molar-refractivity contribution is -0.120. The summed E-state index contributed by atoms with van der Waals surface area (Å²) in [5, 5.41) is 0.895. The molecule has 4 heteroatoms. The summed E-state index contributed by atoms with van der Waals surface area (Å²) in [4.78, 5) is 12.9. The van der Waals surface area contributed by atoms with Gasteiger partial charge in [-0.05, 0) is 29.8 Å². The van der Waals surface area contributed by atoms with Crippen molar-refractivity contribution in [1.29, 1.82) is 0 Å². The Morgan fingerprint density at radius 1 is 1.16 bits per heavy atom. The molecule has 0 bridgehead atoms. The molecule has 0 atom stereocenters. The van der Waals surface area contributed by atoms with Crippen LogP contribution in [0.3, 0.4) is 0 Å². The van der Waals surface area contributed by atoms with Crippen LogP contribution in [0.2, 0.25) is 0 Å². The number of rotatable bonds is 3. The maximum Gasteiger partial charge on any atom is 0.197 e. The minimum atomic E-state index is 0.0344. The normalized spacial score (nSPS) is 17.7. The summed E-state index contributed by atoms with van der Waals surface area (Å²) in [6.45, 7) is 4.24. The minimum Gasteiger partial charge on any atom is -0.493 e. The second kappa shape index (κ2) is 5.20. The van der Waals surface area contributed by atoms with E-state index < -0.39 is 0 Å². The van der Waals surface area contributed by atoms with Gasteiger partial charge in [-0.15, -0.1) is 0 Å². The Morgan fingerprint density at radius 2 is 2.00 bits per heavy atom. The van der Waals surface area contributed by atoms with Gasteiger partial charge in [-0.3, -0.25) is 4.79 Å². The molecule has 1 aliphatic heterocycles. The number of ketones is 1. The fourth-order valence-electron chi connectivity index (χ4n) is 3.60. The first-order valence-corrected chi connectivity index (χ1v) is 8.52. The Kier molecular flexibility index (Phi) is 3.06. The van der Waals surface area contributed by atoms with E-state index in [1.165, 1.54) is 0 Å². The number of carbonyl (C=O) groups excluding carboxylic acids is 1. The van der Waals surface area contributed by atoms with Crippen molar-refractivity contribution < 1.29 is 18.7 Å².